The highest BCUT2D eigenvalue weighted by atomic mass is 19.1. The van der Waals surface area contributed by atoms with Crippen molar-refractivity contribution < 1.29 is 93.4 Å². The van der Waals surface area contributed by atoms with Crippen LogP contribution in [0.2, 0.25) is 0 Å². The summed E-state index contributed by atoms with van der Waals surface area (Å²) in [5, 5.41) is 4.34. The molecule has 36 heteroatoms. The first-order valence-electron chi connectivity index (χ1n) is 51.0. The van der Waals surface area contributed by atoms with Gasteiger partial charge in [-0.15, -0.1) is 0 Å². The number of nitrogens with zero attached hydrogens (tertiary/aromatic N) is 12. The van der Waals surface area contributed by atoms with Crippen LogP contribution < -0.4 is 56.8 Å². The van der Waals surface area contributed by atoms with Crippen molar-refractivity contribution >= 4 is 87.5 Å². The molecule has 0 aliphatic carbocycles. The number of halogens is 4. The Morgan fingerprint density at radius 1 is 0.284 bits per heavy atom. The van der Waals surface area contributed by atoms with Gasteiger partial charge in [0.25, 0.3) is 0 Å². The maximum Gasteiger partial charge on any atom is 0.230 e. The number of hydrogen-bond donors (Lipinski definition) is 4. The summed E-state index contributed by atoms with van der Waals surface area (Å²) in [5.41, 5.74) is 10.3. The maximum absolute atomic E-state index is 15.1. The lowest BCUT2D eigenvalue weighted by Crippen LogP contribution is -2.51. The van der Waals surface area contributed by atoms with Gasteiger partial charge in [-0.1, -0.05) is 0 Å². The zero-order valence-corrected chi connectivity index (χ0v) is 84.7. The highest BCUT2D eigenvalue weighted by Crippen LogP contribution is 2.48. The molecule has 0 unspecified atom stereocenters. The predicted molar refractivity (Wildman–Crippen MR) is 553 cm³/mol. The summed E-state index contributed by atoms with van der Waals surface area (Å²) in [4.78, 5) is 57.1. The number of fused-ring (bicyclic) bond motifs is 8. The minimum absolute atomic E-state index is 0.0146. The Kier molecular flexibility index (Phi) is 29.8. The molecule has 16 aromatic rings. The second kappa shape index (κ2) is 44.0. The number of H-pyrrole nitrogens is 4. The zero-order valence-electron chi connectivity index (χ0n) is 84.7. The molecule has 24 rings (SSSR count). The van der Waals surface area contributed by atoms with Crippen molar-refractivity contribution in [1.29, 1.82) is 0 Å². The van der Waals surface area contributed by atoms with E-state index in [0.29, 0.717) is 177 Å². The number of rotatable bonds is 32. The molecule has 8 fully saturated rings. The van der Waals surface area contributed by atoms with Crippen molar-refractivity contribution in [1.82, 2.24) is 79.4 Å². The number of aromatic nitrogens is 12. The molecule has 18 heterocycles. The molecule has 10 aromatic heterocycles. The van der Waals surface area contributed by atoms with Crippen molar-refractivity contribution in [2.75, 3.05) is 186 Å². The molecule has 0 radical (unpaired) electrons. The minimum Gasteiger partial charge on any atom is -0.493 e. The summed E-state index contributed by atoms with van der Waals surface area (Å²) < 4.78 is 153. The third-order valence-corrected chi connectivity index (χ3v) is 30.1. The summed E-state index contributed by atoms with van der Waals surface area (Å²) in [6.45, 7) is 30.3. The van der Waals surface area contributed by atoms with Crippen LogP contribution >= 0.6 is 0 Å². The van der Waals surface area contributed by atoms with E-state index in [4.69, 9.17) is 75.8 Å². The Labute approximate surface area is 853 Å². The van der Waals surface area contributed by atoms with Gasteiger partial charge in [-0.05, 0) is 242 Å². The zero-order chi connectivity index (χ0) is 102. The summed E-state index contributed by atoms with van der Waals surface area (Å²) in [6.07, 6.45) is 22.3. The average Bonchev–Trinajstić information content (AvgIpc) is 1.38. The van der Waals surface area contributed by atoms with Gasteiger partial charge in [-0.25, -0.2) is 47.5 Å². The van der Waals surface area contributed by atoms with E-state index in [1.807, 2.05) is 64.1 Å². The van der Waals surface area contributed by atoms with Crippen LogP contribution in [0.1, 0.15) is 99.8 Å². The van der Waals surface area contributed by atoms with E-state index in [0.717, 1.165) is 196 Å². The van der Waals surface area contributed by atoms with E-state index in [9.17, 15) is 0 Å². The Morgan fingerprint density at radius 2 is 0.574 bits per heavy atom. The lowest BCUT2D eigenvalue weighted by atomic mass is 9.77. The van der Waals surface area contributed by atoms with Gasteiger partial charge in [-0.3, -0.25) is 9.97 Å². The van der Waals surface area contributed by atoms with Gasteiger partial charge >= 0.3 is 0 Å². The number of aromatic amines is 4. The molecule has 776 valence electrons. The molecule has 8 aliphatic heterocycles. The fourth-order valence-corrected chi connectivity index (χ4v) is 21.0. The SMILES string of the molecule is COc1cc2c(Oc3ccc4[nH]c(C)cc4c3F)ccnc2cc1OCCCN1CCC2(CC1)COC2.COc1cc2c(Oc3ccc4[nH]c(C)cc4c3F)ncnc2cc1OCCCN1CCC2(CC1)COC2.COc1cc2c(Oc3cnc4[nH]c(C)cc4c3F)ccnc2cc1OCCCN1CCC2(CC1)COC2.COc1cc2c(Oc3cnc4[nH]c(C)cc4c3F)ncnc2cc1OCCCN1CCC2(CC1)COC2. The molecule has 8 aliphatic rings. The number of nitrogens with one attached hydrogen (secondary N) is 4. The highest BCUT2D eigenvalue weighted by Gasteiger charge is 2.45. The second-order valence-electron chi connectivity index (χ2n) is 40.5. The molecule has 148 heavy (non-hydrogen) atoms. The number of likely N-dealkylation sites (tertiary alicyclic amines) is 4. The molecule has 0 atom stereocenters. The molecular weight excluding hydrogens is 1900 g/mol. The predicted octanol–water partition coefficient (Wildman–Crippen LogP) is 21.0. The fraction of sp³-hybridized carbons (Fsp3) is 0.429. The first-order chi connectivity index (χ1) is 72.1. The number of pyridine rings is 4. The van der Waals surface area contributed by atoms with E-state index < -0.39 is 23.3 Å². The molecule has 4 spiro atoms. The molecule has 0 amide bonds. The largest absolute Gasteiger partial charge is 0.493 e. The first kappa shape index (κ1) is 100. The normalized spacial score (nSPS) is 17.3. The van der Waals surface area contributed by atoms with Gasteiger partial charge in [0.05, 0.1) is 164 Å². The Bertz CT molecular complexity index is 6570. The highest BCUT2D eigenvalue weighted by molar-refractivity contribution is 5.92. The molecule has 0 bridgehead atoms. The van der Waals surface area contributed by atoms with Crippen LogP contribution in [0.25, 0.3) is 87.5 Å². The van der Waals surface area contributed by atoms with Crippen molar-refractivity contribution in [3.8, 4) is 92.3 Å². The molecule has 8 saturated heterocycles. The topological polar surface area (TPSA) is 327 Å². The quantitative estimate of drug-likeness (QED) is 0.0225. The number of aryl methyl sites for hydroxylation is 4. The summed E-state index contributed by atoms with van der Waals surface area (Å²) in [7, 11) is 6.39. The summed E-state index contributed by atoms with van der Waals surface area (Å²) in [6, 6.07) is 31.7. The van der Waals surface area contributed by atoms with Crippen LogP contribution in [-0.2, 0) is 18.9 Å². The van der Waals surface area contributed by atoms with Crippen molar-refractivity contribution in [2.45, 2.75) is 105 Å². The standard InChI is InChI=1S/C29H32FN3O4.2C28H31FN4O4.C27H30FN5O4/c1-19-14-21-22(32-19)4-5-25(28(21)30)37-24-6-9-31-23-16-27(26(34-2)15-20(23)24)36-13-3-10-33-11-7-29(8-12-33)17-35-18-29;1-18-12-20-26(29)25(15-31-27(20)32-18)37-22-4-7-30-21-14-24(23(34-2)13-19(21)22)36-11-3-8-33-9-5-28(6-10-33)16-35-17-28;1-18-12-19-21(32-18)4-5-23(26(19)29)37-27-20-13-24(34-2)25(14-22(20)30-17-31-27)36-11-3-8-33-9-6-28(7-10-33)15-35-16-28;1-17-10-19-24(28)23(13-29-25(19)32-17)37-26-18-11-21(34-2)22(12-20(18)30-16-31-26)36-9-3-6-33-7-4-27(5-8-33)14-35-15-27/h4-6,9,14-16,32H,3,7-8,10-13,17-18H2,1-2H3;4,7,12-15H,3,5-6,8-11,16-17H2,1-2H3,(H,31,32);4-5,12-14,17,32H,3,6-11,15-16H2,1-2H3;10-13,16H,3-9,14-15H2,1-2H3,(H,29,32). The smallest absolute Gasteiger partial charge is 0.230 e. The van der Waals surface area contributed by atoms with E-state index >= 15 is 17.6 Å². The van der Waals surface area contributed by atoms with Gasteiger partial charge in [0.1, 0.15) is 35.4 Å². The monoisotopic (exact) mass is 2020 g/mol. The molecular formula is C112H124F4N16O16. The number of ether oxygens (including phenoxy) is 16. The van der Waals surface area contributed by atoms with E-state index in [1.165, 1.54) is 76.4 Å². The Balaban J connectivity index is 0.000000116. The van der Waals surface area contributed by atoms with Gasteiger partial charge in [-0.2, -0.15) is 0 Å². The average molecular weight is 2030 g/mol. The van der Waals surface area contributed by atoms with Gasteiger partial charge in [0.2, 0.25) is 11.8 Å². The van der Waals surface area contributed by atoms with Gasteiger partial charge in [0.15, 0.2) is 92.3 Å². The van der Waals surface area contributed by atoms with Crippen molar-refractivity contribution in [2.24, 2.45) is 21.7 Å². The number of methoxy groups -OCH3 is 4. The maximum atomic E-state index is 15.1. The van der Waals surface area contributed by atoms with Crippen LogP contribution in [0.4, 0.5) is 17.6 Å². The first-order valence-corrected chi connectivity index (χ1v) is 51.0. The Hall–Kier alpha value is -13.7. The molecule has 0 saturated carbocycles. The van der Waals surface area contributed by atoms with Crippen LogP contribution in [-0.4, -0.2) is 266 Å². The third kappa shape index (κ3) is 21.9. The van der Waals surface area contributed by atoms with Crippen LogP contribution in [0.3, 0.4) is 0 Å². The summed E-state index contributed by atoms with van der Waals surface area (Å²) in [5.74, 6) is 4.63. The van der Waals surface area contributed by atoms with Crippen LogP contribution in [0.15, 0.2) is 147 Å². The second-order valence-corrected chi connectivity index (χ2v) is 40.5. The van der Waals surface area contributed by atoms with Crippen LogP contribution in [0.5, 0.6) is 92.3 Å². The molecule has 32 nitrogen and oxygen atoms in total. The van der Waals surface area contributed by atoms with E-state index in [1.54, 1.807) is 114 Å². The lowest BCUT2D eigenvalue weighted by molar-refractivity contribution is -0.139. The minimum atomic E-state index is -0.502. The van der Waals surface area contributed by atoms with Gasteiger partial charge < -0.3 is 115 Å². The number of piperidine rings is 4. The number of hydrogen-bond acceptors (Lipinski definition) is 28. The molecule has 6 aromatic carbocycles. The lowest BCUT2D eigenvalue weighted by Gasteiger charge is -2.47. The Morgan fingerprint density at radius 3 is 0.905 bits per heavy atom. The van der Waals surface area contributed by atoms with Crippen molar-refractivity contribution in [3.05, 3.63) is 193 Å². The number of benzene rings is 6. The summed E-state index contributed by atoms with van der Waals surface area (Å²) >= 11 is 0. The van der Waals surface area contributed by atoms with Crippen molar-refractivity contribution in [3.63, 3.8) is 0 Å². The fourth-order valence-electron chi connectivity index (χ4n) is 21.0. The third-order valence-electron chi connectivity index (χ3n) is 30.1. The van der Waals surface area contributed by atoms with Crippen LogP contribution in [0, 0.1) is 72.6 Å². The molecule has 4 N–H and O–H groups in total. The van der Waals surface area contributed by atoms with Gasteiger partial charge in [0, 0.05) is 140 Å². The van der Waals surface area contributed by atoms with E-state index in [2.05, 4.69) is 79.4 Å². The van der Waals surface area contributed by atoms with E-state index in [-0.39, 0.29) is 34.8 Å².